The fraction of sp³-hybridized carbons (Fsp3) is 0.576. The number of hydrogen-bond acceptors (Lipinski definition) is 19. The van der Waals surface area contributed by atoms with Gasteiger partial charge in [0.1, 0.15) is 95.9 Å². The first-order valence-corrected chi connectivity index (χ1v) is 16.4. The molecule has 4 aliphatic heterocycles. The number of aliphatic hydroxyl groups is 10. The Morgan fingerprint density at radius 2 is 1.21 bits per heavy atom. The molecule has 0 aliphatic carbocycles. The number of hydrogen-bond donors (Lipinski definition) is 12. The Hall–Kier alpha value is -3.38. The van der Waals surface area contributed by atoms with Gasteiger partial charge < -0.3 is 94.4 Å². The summed E-state index contributed by atoms with van der Waals surface area (Å²) in [6.07, 6.45) is -23.3. The van der Waals surface area contributed by atoms with Crippen molar-refractivity contribution in [2.75, 3.05) is 13.2 Å². The zero-order valence-electron chi connectivity index (χ0n) is 27.4. The summed E-state index contributed by atoms with van der Waals surface area (Å²) in [4.78, 5) is 0. The molecule has 0 saturated carbocycles. The highest BCUT2D eigenvalue weighted by Gasteiger charge is 2.49. The quantitative estimate of drug-likeness (QED) is 0.118. The second-order valence-corrected chi connectivity index (χ2v) is 13.0. The van der Waals surface area contributed by atoms with E-state index < -0.39 is 117 Å². The molecule has 19 heteroatoms. The Bertz CT molecular complexity index is 1550. The molecule has 1 unspecified atom stereocenters. The average Bonchev–Trinajstić information content (AvgIpc) is 3.12. The van der Waals surface area contributed by atoms with Gasteiger partial charge >= 0.3 is 0 Å². The lowest BCUT2D eigenvalue weighted by molar-refractivity contribution is -0.324. The number of ether oxygens (including phenoxy) is 7. The molecule has 4 heterocycles. The molecule has 6 rings (SSSR count). The summed E-state index contributed by atoms with van der Waals surface area (Å²) in [6, 6.07) is 8.14. The smallest absolute Gasteiger partial charge is 0.229 e. The maximum atomic E-state index is 11.0. The molecule has 52 heavy (non-hydrogen) atoms. The maximum absolute atomic E-state index is 11.0. The summed E-state index contributed by atoms with van der Waals surface area (Å²) < 4.78 is 40.0. The Morgan fingerprint density at radius 1 is 0.635 bits per heavy atom. The van der Waals surface area contributed by atoms with E-state index in [2.05, 4.69) is 0 Å². The van der Waals surface area contributed by atoms with Gasteiger partial charge in [0.15, 0.2) is 12.4 Å². The largest absolute Gasteiger partial charge is 0.508 e. The lowest BCUT2D eigenvalue weighted by Gasteiger charge is -2.43. The Kier molecular flexibility index (Phi) is 11.5. The monoisotopic (exact) mass is 742 g/mol. The van der Waals surface area contributed by atoms with E-state index in [1.807, 2.05) is 0 Å². The van der Waals surface area contributed by atoms with Crippen LogP contribution < -0.4 is 9.47 Å². The van der Waals surface area contributed by atoms with Gasteiger partial charge in [0.2, 0.25) is 12.6 Å². The van der Waals surface area contributed by atoms with Gasteiger partial charge in [0.25, 0.3) is 0 Å². The number of aliphatic hydroxyl groups excluding tert-OH is 10. The van der Waals surface area contributed by atoms with Crippen LogP contribution in [0, 0.1) is 0 Å². The summed E-state index contributed by atoms with van der Waals surface area (Å²) in [5.74, 6) is -0.711. The first kappa shape index (κ1) is 38.3. The third-order valence-electron chi connectivity index (χ3n) is 9.33. The number of phenols is 2. The maximum Gasteiger partial charge on any atom is 0.229 e. The molecule has 3 fully saturated rings. The van der Waals surface area contributed by atoms with Crippen LogP contribution in [0.4, 0.5) is 0 Å². The molecule has 0 bridgehead atoms. The van der Waals surface area contributed by atoms with Crippen molar-refractivity contribution >= 4 is 6.08 Å². The molecule has 16 atom stereocenters. The van der Waals surface area contributed by atoms with E-state index >= 15 is 0 Å². The first-order chi connectivity index (χ1) is 24.7. The van der Waals surface area contributed by atoms with E-state index in [1.165, 1.54) is 43.3 Å². The molecule has 0 radical (unpaired) electrons. The van der Waals surface area contributed by atoms with Crippen LogP contribution in [0.1, 0.15) is 24.2 Å². The number of aromatic hydroxyl groups is 2. The zero-order chi connectivity index (χ0) is 37.6. The predicted molar refractivity (Wildman–Crippen MR) is 168 cm³/mol. The van der Waals surface area contributed by atoms with E-state index in [-0.39, 0.29) is 28.6 Å². The first-order valence-electron chi connectivity index (χ1n) is 16.4. The van der Waals surface area contributed by atoms with Crippen LogP contribution in [0.25, 0.3) is 6.08 Å². The Labute approximate surface area is 295 Å². The minimum Gasteiger partial charge on any atom is -0.508 e. The highest BCUT2D eigenvalue weighted by atomic mass is 16.7. The molecule has 19 nitrogen and oxygen atoms in total. The van der Waals surface area contributed by atoms with Crippen molar-refractivity contribution in [3.05, 3.63) is 53.3 Å². The second kappa shape index (κ2) is 15.5. The summed E-state index contributed by atoms with van der Waals surface area (Å²) in [7, 11) is 0. The number of rotatable bonds is 9. The normalized spacial score (nSPS) is 40.6. The van der Waals surface area contributed by atoms with Crippen LogP contribution in [0.2, 0.25) is 0 Å². The molecule has 0 aromatic heterocycles. The van der Waals surface area contributed by atoms with Crippen molar-refractivity contribution in [1.29, 1.82) is 0 Å². The molecule has 0 amide bonds. The van der Waals surface area contributed by atoms with Crippen LogP contribution >= 0.6 is 0 Å². The van der Waals surface area contributed by atoms with Gasteiger partial charge in [-0.3, -0.25) is 0 Å². The summed E-state index contributed by atoms with van der Waals surface area (Å²) >= 11 is 0. The minimum absolute atomic E-state index is 0.00411. The highest BCUT2D eigenvalue weighted by molar-refractivity contribution is 5.70. The molecule has 288 valence electrons. The number of fused-ring (bicyclic) bond motifs is 1. The van der Waals surface area contributed by atoms with E-state index in [4.69, 9.17) is 33.2 Å². The van der Waals surface area contributed by atoms with E-state index in [0.29, 0.717) is 5.56 Å². The molecule has 12 N–H and O–H groups in total. The van der Waals surface area contributed by atoms with Crippen molar-refractivity contribution in [2.24, 2.45) is 0 Å². The van der Waals surface area contributed by atoms with Gasteiger partial charge in [-0.25, -0.2) is 0 Å². The minimum atomic E-state index is -1.84. The molecular formula is C33H42O19. The predicted octanol–water partition coefficient (Wildman–Crippen LogP) is -3.58. The van der Waals surface area contributed by atoms with Crippen LogP contribution in [-0.4, -0.2) is 167 Å². The molecule has 3 saturated heterocycles. The summed E-state index contributed by atoms with van der Waals surface area (Å²) in [5, 5.41) is 124. The standard InChI is InChI=1S/C33H42O19/c1-11-21(37)24(40)27(43)31(47-11)46-10-20-23(39)26(42)29(45)33(52-20)50-18-8-15-16(36)6-14(48-32-28(44)25(41)22(38)19(9-34)51-32)7-17(15)49-30(18)12-2-4-13(35)5-3-12/h2-8,11,19-45H,9-10H2,1H3/t11-,19+,20+,21-,22+,23+,24-,25-,26-,27-,28+,29+,30?,31+,32+,33+/m0/s1. The third kappa shape index (κ3) is 7.52. The van der Waals surface area contributed by atoms with Crippen molar-refractivity contribution in [2.45, 2.75) is 105 Å². The Balaban J connectivity index is 1.24. The van der Waals surface area contributed by atoms with Gasteiger partial charge in [-0.05, 0) is 25.1 Å². The van der Waals surface area contributed by atoms with Gasteiger partial charge in [0, 0.05) is 17.7 Å². The highest BCUT2D eigenvalue weighted by Crippen LogP contribution is 2.45. The topological polar surface area (TPSA) is 307 Å². The summed E-state index contributed by atoms with van der Waals surface area (Å²) in [5.41, 5.74) is 0.425. The van der Waals surface area contributed by atoms with Crippen molar-refractivity contribution in [3.63, 3.8) is 0 Å². The van der Waals surface area contributed by atoms with Crippen LogP contribution in [0.3, 0.4) is 0 Å². The molecule has 2 aromatic rings. The third-order valence-corrected chi connectivity index (χ3v) is 9.33. The van der Waals surface area contributed by atoms with E-state index in [0.717, 1.165) is 6.07 Å². The SMILES string of the molecule is C[C@@H]1O[C@@H](OC[C@H]2O[C@@H](OC3=Cc4c(O)cc(O[C@@H]5O[C@H](CO)[C@@H](O)[C@H](O)[C@H]5O)cc4OC3c3ccc(O)cc3)[C@H](O)[C@@H](O)[C@@H]2O)[C@@H](O)[C@@H](O)[C@H]1O. The van der Waals surface area contributed by atoms with Crippen molar-refractivity contribution in [3.8, 4) is 23.0 Å². The lowest BCUT2D eigenvalue weighted by atomic mass is 9.98. The van der Waals surface area contributed by atoms with Gasteiger partial charge in [-0.2, -0.15) is 0 Å². The van der Waals surface area contributed by atoms with Crippen molar-refractivity contribution < 1.29 is 94.4 Å². The van der Waals surface area contributed by atoms with E-state index in [9.17, 15) is 61.3 Å². The van der Waals surface area contributed by atoms with Gasteiger partial charge in [0.05, 0.1) is 24.9 Å². The second-order valence-electron chi connectivity index (χ2n) is 13.0. The molecular weight excluding hydrogens is 700 g/mol. The summed E-state index contributed by atoms with van der Waals surface area (Å²) in [6.45, 7) is 0.210. The van der Waals surface area contributed by atoms with Gasteiger partial charge in [-0.15, -0.1) is 0 Å². The van der Waals surface area contributed by atoms with Crippen LogP contribution in [0.15, 0.2) is 42.2 Å². The molecule has 0 spiro atoms. The Morgan fingerprint density at radius 3 is 1.87 bits per heavy atom. The average molecular weight is 743 g/mol. The molecule has 4 aliphatic rings. The fourth-order valence-electron chi connectivity index (χ4n) is 6.20. The molecule has 2 aromatic carbocycles. The van der Waals surface area contributed by atoms with Crippen LogP contribution in [-0.2, 0) is 23.7 Å². The van der Waals surface area contributed by atoms with Crippen molar-refractivity contribution in [1.82, 2.24) is 0 Å². The number of phenolic OH excluding ortho intramolecular Hbond substituents is 2. The van der Waals surface area contributed by atoms with E-state index in [1.54, 1.807) is 0 Å². The van der Waals surface area contributed by atoms with Crippen LogP contribution in [0.5, 0.6) is 23.0 Å². The number of benzene rings is 2. The zero-order valence-corrected chi connectivity index (χ0v) is 27.4. The van der Waals surface area contributed by atoms with Gasteiger partial charge in [-0.1, -0.05) is 12.1 Å². The fourth-order valence-corrected chi connectivity index (χ4v) is 6.20. The lowest BCUT2D eigenvalue weighted by Crippen LogP contribution is -2.61.